The summed E-state index contributed by atoms with van der Waals surface area (Å²) < 4.78 is 0. The topological polar surface area (TPSA) is 50.2 Å². The first-order valence-corrected chi connectivity index (χ1v) is 7.99. The van der Waals surface area contributed by atoms with E-state index in [4.69, 9.17) is 4.99 Å². The number of rotatable bonds is 5. The predicted molar refractivity (Wildman–Crippen MR) is 89.0 cm³/mol. The van der Waals surface area contributed by atoms with Crippen molar-refractivity contribution in [1.29, 1.82) is 0 Å². The maximum absolute atomic E-state index is 4.78. The second kappa shape index (κ2) is 7.80. The Kier molecular flexibility index (Phi) is 5.27. The molecule has 4 heteroatoms. The molecule has 22 heavy (non-hydrogen) atoms. The lowest BCUT2D eigenvalue weighted by molar-refractivity contribution is 0.328. The molecule has 1 saturated carbocycles. The van der Waals surface area contributed by atoms with Crippen molar-refractivity contribution in [2.24, 2.45) is 4.99 Å². The van der Waals surface area contributed by atoms with Crippen LogP contribution in [0.4, 0.5) is 0 Å². The van der Waals surface area contributed by atoms with Gasteiger partial charge in [-0.05, 0) is 37.1 Å². The fraction of sp³-hybridized carbons (Fsp3) is 0.389. The molecule has 4 nitrogen and oxygen atoms in total. The molecule has 3 rings (SSSR count). The number of hydrogen-bond donors (Lipinski definition) is 1. The lowest BCUT2D eigenvalue weighted by atomic mass is 9.90. The van der Waals surface area contributed by atoms with Gasteiger partial charge in [0.25, 0.3) is 0 Å². The minimum Gasteiger partial charge on any atom is -0.306 e. The summed E-state index contributed by atoms with van der Waals surface area (Å²) in [5.41, 5.74) is 2.01. The third-order valence-electron chi connectivity index (χ3n) is 4.09. The average molecular weight is 294 g/mol. The number of pyridine rings is 2. The molecule has 2 unspecified atom stereocenters. The summed E-state index contributed by atoms with van der Waals surface area (Å²) in [6.07, 6.45) is 10.4. The summed E-state index contributed by atoms with van der Waals surface area (Å²) in [7, 11) is 0. The Balaban J connectivity index is 1.60. The molecule has 0 bridgehead atoms. The van der Waals surface area contributed by atoms with E-state index in [2.05, 4.69) is 21.4 Å². The van der Waals surface area contributed by atoms with E-state index in [9.17, 15) is 0 Å². The van der Waals surface area contributed by atoms with Crippen LogP contribution < -0.4 is 5.32 Å². The Morgan fingerprint density at radius 1 is 1.05 bits per heavy atom. The van der Waals surface area contributed by atoms with Crippen LogP contribution in [0.1, 0.15) is 37.1 Å². The summed E-state index contributed by atoms with van der Waals surface area (Å²) in [6.45, 7) is 0.807. The van der Waals surface area contributed by atoms with Gasteiger partial charge in [0.05, 0.1) is 17.4 Å². The molecule has 1 N–H and O–H groups in total. The summed E-state index contributed by atoms with van der Waals surface area (Å²) in [6, 6.07) is 12.7. The second-order valence-corrected chi connectivity index (χ2v) is 5.69. The highest BCUT2D eigenvalue weighted by atomic mass is 15.0. The van der Waals surface area contributed by atoms with Crippen molar-refractivity contribution in [2.45, 2.75) is 44.3 Å². The Hall–Kier alpha value is -2.07. The monoisotopic (exact) mass is 294 g/mol. The van der Waals surface area contributed by atoms with Crippen LogP contribution in [0.3, 0.4) is 0 Å². The summed E-state index contributed by atoms with van der Waals surface area (Å²) in [5, 5.41) is 3.63. The van der Waals surface area contributed by atoms with E-state index in [1.54, 1.807) is 6.20 Å². The van der Waals surface area contributed by atoms with Gasteiger partial charge in [0.15, 0.2) is 0 Å². The van der Waals surface area contributed by atoms with Crippen LogP contribution in [0.5, 0.6) is 0 Å². The number of aliphatic imine (C=N–C) groups is 1. The number of nitrogens with one attached hydrogen (secondary N) is 1. The van der Waals surface area contributed by atoms with Crippen molar-refractivity contribution in [1.82, 2.24) is 15.3 Å². The molecule has 1 aliphatic rings. The van der Waals surface area contributed by atoms with E-state index in [0.717, 1.165) is 24.4 Å². The van der Waals surface area contributed by atoms with E-state index in [1.165, 1.54) is 19.3 Å². The first-order valence-electron chi connectivity index (χ1n) is 7.99. The maximum Gasteiger partial charge on any atom is 0.0807 e. The van der Waals surface area contributed by atoms with Crippen LogP contribution in [0, 0.1) is 0 Å². The minimum atomic E-state index is 0.333. The molecule has 0 saturated heterocycles. The van der Waals surface area contributed by atoms with Gasteiger partial charge in [-0.2, -0.15) is 0 Å². The highest BCUT2D eigenvalue weighted by Gasteiger charge is 2.23. The molecule has 2 atom stereocenters. The molecule has 2 aromatic heterocycles. The summed E-state index contributed by atoms with van der Waals surface area (Å²) in [5.74, 6) is 0. The molecule has 2 aromatic rings. The Bertz CT molecular complexity index is 583. The van der Waals surface area contributed by atoms with Crippen molar-refractivity contribution in [3.8, 4) is 0 Å². The van der Waals surface area contributed by atoms with E-state index in [0.29, 0.717) is 12.1 Å². The third-order valence-corrected chi connectivity index (χ3v) is 4.09. The van der Waals surface area contributed by atoms with Crippen molar-refractivity contribution in [3.63, 3.8) is 0 Å². The highest BCUT2D eigenvalue weighted by molar-refractivity contribution is 5.76. The van der Waals surface area contributed by atoms with Gasteiger partial charge in [-0.3, -0.25) is 15.0 Å². The normalized spacial score (nSPS) is 22.0. The molecule has 2 heterocycles. The molecule has 0 radical (unpaired) electrons. The van der Waals surface area contributed by atoms with Gasteiger partial charge in [0, 0.05) is 31.2 Å². The second-order valence-electron chi connectivity index (χ2n) is 5.69. The molecule has 1 fully saturated rings. The quantitative estimate of drug-likeness (QED) is 0.862. The maximum atomic E-state index is 4.78. The van der Waals surface area contributed by atoms with E-state index < -0.39 is 0 Å². The number of nitrogens with zero attached hydrogens (tertiary/aromatic N) is 3. The summed E-state index contributed by atoms with van der Waals surface area (Å²) in [4.78, 5) is 13.4. The van der Waals surface area contributed by atoms with Gasteiger partial charge in [-0.15, -0.1) is 0 Å². The van der Waals surface area contributed by atoms with Crippen molar-refractivity contribution < 1.29 is 0 Å². The van der Waals surface area contributed by atoms with Gasteiger partial charge in [-0.1, -0.05) is 25.0 Å². The molecule has 114 valence electrons. The summed E-state index contributed by atoms with van der Waals surface area (Å²) >= 11 is 0. The van der Waals surface area contributed by atoms with Crippen LogP contribution in [0.25, 0.3) is 0 Å². The van der Waals surface area contributed by atoms with E-state index in [1.807, 2.05) is 42.7 Å². The Morgan fingerprint density at radius 2 is 1.86 bits per heavy atom. The predicted octanol–water partition coefficient (Wildman–Crippen LogP) is 3.00. The van der Waals surface area contributed by atoms with E-state index >= 15 is 0 Å². The number of hydrogen-bond acceptors (Lipinski definition) is 4. The Morgan fingerprint density at radius 3 is 2.64 bits per heavy atom. The van der Waals surface area contributed by atoms with Crippen LogP contribution in [-0.2, 0) is 6.54 Å². The minimum absolute atomic E-state index is 0.333. The molecular formula is C18H22N4. The van der Waals surface area contributed by atoms with Gasteiger partial charge in [0.2, 0.25) is 0 Å². The van der Waals surface area contributed by atoms with Crippen molar-refractivity contribution in [3.05, 3.63) is 60.2 Å². The fourth-order valence-electron chi connectivity index (χ4n) is 2.89. The molecular weight excluding hydrogens is 272 g/mol. The molecule has 0 aliphatic heterocycles. The SMILES string of the molecule is C(=NC1CCCCC1NCc1ccccn1)c1ccccn1. The van der Waals surface area contributed by atoms with Gasteiger partial charge in [-0.25, -0.2) is 0 Å². The zero-order valence-electron chi connectivity index (χ0n) is 12.7. The zero-order chi connectivity index (χ0) is 15.0. The molecule has 0 aromatic carbocycles. The van der Waals surface area contributed by atoms with Crippen LogP contribution in [0.2, 0.25) is 0 Å². The highest BCUT2D eigenvalue weighted by Crippen LogP contribution is 2.21. The standard InChI is InChI=1S/C18H22N4/c1-2-10-18(22-14-16-8-4-6-12-20-16)17(9-1)21-13-15-7-3-5-11-19-15/h3-8,11-13,17-18,22H,1-2,9-10,14H2. The van der Waals surface area contributed by atoms with Gasteiger partial charge < -0.3 is 5.32 Å². The lowest BCUT2D eigenvalue weighted by Crippen LogP contribution is -2.41. The van der Waals surface area contributed by atoms with Gasteiger partial charge >= 0.3 is 0 Å². The van der Waals surface area contributed by atoms with Crippen LogP contribution in [0.15, 0.2) is 53.8 Å². The Labute approximate surface area is 131 Å². The molecule has 1 aliphatic carbocycles. The largest absolute Gasteiger partial charge is 0.306 e. The van der Waals surface area contributed by atoms with E-state index in [-0.39, 0.29) is 0 Å². The fourth-order valence-corrected chi connectivity index (χ4v) is 2.89. The third kappa shape index (κ3) is 4.21. The van der Waals surface area contributed by atoms with Gasteiger partial charge in [0.1, 0.15) is 0 Å². The first-order chi connectivity index (χ1) is 10.9. The molecule has 0 amide bonds. The first kappa shape index (κ1) is 14.9. The van der Waals surface area contributed by atoms with Crippen LogP contribution in [-0.4, -0.2) is 28.3 Å². The van der Waals surface area contributed by atoms with Crippen molar-refractivity contribution in [2.75, 3.05) is 0 Å². The number of aromatic nitrogens is 2. The smallest absolute Gasteiger partial charge is 0.0807 e. The van der Waals surface area contributed by atoms with Crippen molar-refractivity contribution >= 4 is 6.21 Å². The average Bonchev–Trinajstić information content (AvgIpc) is 2.61. The zero-order valence-corrected chi connectivity index (χ0v) is 12.7. The molecule has 0 spiro atoms. The lowest BCUT2D eigenvalue weighted by Gasteiger charge is -2.29. The van der Waals surface area contributed by atoms with Crippen LogP contribution >= 0.6 is 0 Å².